The lowest BCUT2D eigenvalue weighted by atomic mass is 9.94. The first-order valence-electron chi connectivity index (χ1n) is 6.87. The maximum Gasteiger partial charge on any atom is 0.326 e. The Bertz CT molecular complexity index is 287. The quantitative estimate of drug-likeness (QED) is 0.713. The van der Waals surface area contributed by atoms with E-state index in [1.807, 2.05) is 6.92 Å². The SMILES string of the molecule is CCNC(COC1CCOCC1)(C(=O)O)C1CC1. The monoisotopic (exact) mass is 257 g/mol. The van der Waals surface area contributed by atoms with Gasteiger partial charge in [-0.3, -0.25) is 10.1 Å². The van der Waals surface area contributed by atoms with Crippen molar-refractivity contribution >= 4 is 5.97 Å². The lowest BCUT2D eigenvalue weighted by Crippen LogP contribution is -2.58. The van der Waals surface area contributed by atoms with Gasteiger partial charge in [0.05, 0.1) is 12.7 Å². The van der Waals surface area contributed by atoms with Crippen molar-refractivity contribution in [1.29, 1.82) is 0 Å². The largest absolute Gasteiger partial charge is 0.480 e. The number of rotatable bonds is 7. The van der Waals surface area contributed by atoms with Crippen LogP contribution in [0.15, 0.2) is 0 Å². The van der Waals surface area contributed by atoms with Gasteiger partial charge in [-0.25, -0.2) is 0 Å². The van der Waals surface area contributed by atoms with Crippen LogP contribution in [0.2, 0.25) is 0 Å². The third-order valence-electron chi connectivity index (χ3n) is 3.86. The van der Waals surface area contributed by atoms with E-state index in [4.69, 9.17) is 9.47 Å². The highest BCUT2D eigenvalue weighted by molar-refractivity contribution is 5.80. The molecule has 2 fully saturated rings. The van der Waals surface area contributed by atoms with Crippen molar-refractivity contribution in [3.05, 3.63) is 0 Å². The second-order valence-corrected chi connectivity index (χ2v) is 5.20. The van der Waals surface area contributed by atoms with E-state index >= 15 is 0 Å². The zero-order valence-electron chi connectivity index (χ0n) is 11.0. The Labute approximate surface area is 108 Å². The van der Waals surface area contributed by atoms with Crippen LogP contribution in [0.5, 0.6) is 0 Å². The number of carbonyl (C=O) groups is 1. The Morgan fingerprint density at radius 1 is 1.39 bits per heavy atom. The molecular weight excluding hydrogens is 234 g/mol. The minimum Gasteiger partial charge on any atom is -0.480 e. The molecule has 5 heteroatoms. The van der Waals surface area contributed by atoms with E-state index in [-0.39, 0.29) is 18.6 Å². The van der Waals surface area contributed by atoms with E-state index in [9.17, 15) is 9.90 Å². The van der Waals surface area contributed by atoms with E-state index < -0.39 is 11.5 Å². The standard InChI is InChI=1S/C13H23NO4/c1-2-14-13(12(15)16,10-3-4-10)9-18-11-5-7-17-8-6-11/h10-11,14H,2-9H2,1H3,(H,15,16). The van der Waals surface area contributed by atoms with Crippen molar-refractivity contribution in [2.45, 2.75) is 44.2 Å². The molecule has 2 rings (SSSR count). The Hall–Kier alpha value is -0.650. The van der Waals surface area contributed by atoms with Crippen LogP contribution in [0.4, 0.5) is 0 Å². The van der Waals surface area contributed by atoms with Crippen LogP contribution in [0, 0.1) is 5.92 Å². The molecule has 0 amide bonds. The van der Waals surface area contributed by atoms with Gasteiger partial charge in [0.2, 0.25) is 0 Å². The fourth-order valence-corrected chi connectivity index (χ4v) is 2.61. The molecule has 1 unspecified atom stereocenters. The molecule has 2 aliphatic rings. The van der Waals surface area contributed by atoms with Crippen molar-refractivity contribution in [3.8, 4) is 0 Å². The molecule has 0 bridgehead atoms. The van der Waals surface area contributed by atoms with E-state index in [0.717, 1.165) is 38.9 Å². The molecule has 0 aromatic rings. The van der Waals surface area contributed by atoms with Crippen molar-refractivity contribution in [2.75, 3.05) is 26.4 Å². The van der Waals surface area contributed by atoms with Gasteiger partial charge in [0.15, 0.2) is 0 Å². The number of hydrogen-bond donors (Lipinski definition) is 2. The molecule has 0 spiro atoms. The first-order chi connectivity index (χ1) is 8.69. The molecule has 1 saturated carbocycles. The molecular formula is C13H23NO4. The summed E-state index contributed by atoms with van der Waals surface area (Å²) in [6.07, 6.45) is 3.85. The number of carboxylic acid groups (broad SMARTS) is 1. The minimum absolute atomic E-state index is 0.148. The Morgan fingerprint density at radius 3 is 2.56 bits per heavy atom. The fraction of sp³-hybridized carbons (Fsp3) is 0.923. The van der Waals surface area contributed by atoms with E-state index in [1.54, 1.807) is 0 Å². The predicted octanol–water partition coefficient (Wildman–Crippen LogP) is 1.02. The number of hydrogen-bond acceptors (Lipinski definition) is 4. The van der Waals surface area contributed by atoms with Crippen molar-refractivity contribution in [2.24, 2.45) is 5.92 Å². The summed E-state index contributed by atoms with van der Waals surface area (Å²) >= 11 is 0. The number of ether oxygens (including phenoxy) is 2. The molecule has 1 atom stereocenters. The minimum atomic E-state index is -0.882. The summed E-state index contributed by atoms with van der Waals surface area (Å²) in [7, 11) is 0. The first-order valence-corrected chi connectivity index (χ1v) is 6.87. The van der Waals surface area contributed by atoms with E-state index in [0.29, 0.717) is 6.54 Å². The van der Waals surface area contributed by atoms with Crippen LogP contribution < -0.4 is 5.32 Å². The first kappa shape index (κ1) is 13.8. The molecule has 2 N–H and O–H groups in total. The summed E-state index contributed by atoms with van der Waals surface area (Å²) in [5, 5.41) is 12.7. The van der Waals surface area contributed by atoms with Crippen LogP contribution in [0.1, 0.15) is 32.6 Å². The summed E-state index contributed by atoms with van der Waals surface area (Å²) in [5.41, 5.74) is -0.882. The normalized spacial score (nSPS) is 24.7. The van der Waals surface area contributed by atoms with Crippen LogP contribution in [0.25, 0.3) is 0 Å². The molecule has 0 radical (unpaired) electrons. The number of likely N-dealkylation sites (N-methyl/N-ethyl adjacent to an activating group) is 1. The molecule has 0 aromatic carbocycles. The topological polar surface area (TPSA) is 67.8 Å². The van der Waals surface area contributed by atoms with Gasteiger partial charge in [-0.1, -0.05) is 6.92 Å². The van der Waals surface area contributed by atoms with Crippen LogP contribution in [-0.2, 0) is 14.3 Å². The number of aliphatic carboxylic acids is 1. The zero-order chi connectivity index (χ0) is 13.0. The third-order valence-corrected chi connectivity index (χ3v) is 3.86. The van der Waals surface area contributed by atoms with E-state index in [2.05, 4.69) is 5.32 Å². The lowest BCUT2D eigenvalue weighted by Gasteiger charge is -2.33. The lowest BCUT2D eigenvalue weighted by molar-refractivity contribution is -0.151. The molecule has 1 heterocycles. The summed E-state index contributed by atoms with van der Waals surface area (Å²) in [6.45, 7) is 4.30. The second kappa shape index (κ2) is 5.99. The van der Waals surface area contributed by atoms with Gasteiger partial charge in [-0.2, -0.15) is 0 Å². The molecule has 1 aliphatic carbocycles. The van der Waals surface area contributed by atoms with Gasteiger partial charge < -0.3 is 14.6 Å². The zero-order valence-corrected chi connectivity index (χ0v) is 11.0. The van der Waals surface area contributed by atoms with Gasteiger partial charge in [-0.15, -0.1) is 0 Å². The van der Waals surface area contributed by atoms with E-state index in [1.165, 1.54) is 0 Å². The Balaban J connectivity index is 1.93. The van der Waals surface area contributed by atoms with Gasteiger partial charge in [0.1, 0.15) is 5.54 Å². The van der Waals surface area contributed by atoms with Gasteiger partial charge in [0, 0.05) is 13.2 Å². The summed E-state index contributed by atoms with van der Waals surface area (Å²) in [6, 6.07) is 0. The van der Waals surface area contributed by atoms with Crippen LogP contribution >= 0.6 is 0 Å². The highest BCUT2D eigenvalue weighted by Gasteiger charge is 2.51. The summed E-state index contributed by atoms with van der Waals surface area (Å²) in [4.78, 5) is 11.6. The predicted molar refractivity (Wildman–Crippen MR) is 66.6 cm³/mol. The third kappa shape index (κ3) is 3.02. The maximum absolute atomic E-state index is 11.6. The number of nitrogens with one attached hydrogen (secondary N) is 1. The molecule has 18 heavy (non-hydrogen) atoms. The molecule has 1 saturated heterocycles. The highest BCUT2D eigenvalue weighted by Crippen LogP contribution is 2.40. The Morgan fingerprint density at radius 2 is 2.06 bits per heavy atom. The average Bonchev–Trinajstić information content (AvgIpc) is 3.20. The van der Waals surface area contributed by atoms with Crippen molar-refractivity contribution < 1.29 is 19.4 Å². The fourth-order valence-electron chi connectivity index (χ4n) is 2.61. The Kier molecular flexibility index (Phi) is 4.59. The molecule has 1 aliphatic heterocycles. The van der Waals surface area contributed by atoms with Crippen LogP contribution in [0.3, 0.4) is 0 Å². The molecule has 0 aromatic heterocycles. The second-order valence-electron chi connectivity index (χ2n) is 5.20. The molecule has 104 valence electrons. The van der Waals surface area contributed by atoms with Gasteiger partial charge in [0.25, 0.3) is 0 Å². The molecule has 5 nitrogen and oxygen atoms in total. The van der Waals surface area contributed by atoms with Crippen LogP contribution in [-0.4, -0.2) is 49.1 Å². The highest BCUT2D eigenvalue weighted by atomic mass is 16.5. The number of carboxylic acids is 1. The van der Waals surface area contributed by atoms with Crippen molar-refractivity contribution in [3.63, 3.8) is 0 Å². The van der Waals surface area contributed by atoms with Gasteiger partial charge in [-0.05, 0) is 38.1 Å². The average molecular weight is 257 g/mol. The summed E-state index contributed by atoms with van der Waals surface area (Å²) in [5.74, 6) is -0.561. The van der Waals surface area contributed by atoms with Gasteiger partial charge >= 0.3 is 5.97 Å². The maximum atomic E-state index is 11.6. The van der Waals surface area contributed by atoms with Crippen molar-refractivity contribution in [1.82, 2.24) is 5.32 Å². The summed E-state index contributed by atoms with van der Waals surface area (Å²) < 4.78 is 11.1. The smallest absolute Gasteiger partial charge is 0.326 e.